The fraction of sp³-hybridized carbons (Fsp3) is 0. The Kier molecular flexibility index (Phi) is 3.42. The maximum Gasteiger partial charge on any atom is 0.260 e. The molecule has 0 aliphatic carbocycles. The van der Waals surface area contributed by atoms with Crippen molar-refractivity contribution in [3.63, 3.8) is 0 Å². The average Bonchev–Trinajstić information content (AvgIpc) is 2.92. The fourth-order valence-electron chi connectivity index (χ4n) is 1.70. The first kappa shape index (κ1) is 13.1. The Labute approximate surface area is 127 Å². The predicted octanol–water partition coefficient (Wildman–Crippen LogP) is 3.80. The van der Waals surface area contributed by atoms with E-state index in [9.17, 15) is 0 Å². The summed E-state index contributed by atoms with van der Waals surface area (Å²) in [5.41, 5.74) is 7.52. The summed E-state index contributed by atoms with van der Waals surface area (Å²) in [6, 6.07) is 8.91. The first-order chi connectivity index (χ1) is 9.66. The molecule has 0 amide bonds. The van der Waals surface area contributed by atoms with E-state index in [-0.39, 0.29) is 0 Å². The van der Waals surface area contributed by atoms with Crippen molar-refractivity contribution < 1.29 is 4.52 Å². The number of hydrogen-bond acceptors (Lipinski definition) is 5. The van der Waals surface area contributed by atoms with Gasteiger partial charge in [-0.1, -0.05) is 22.8 Å². The quantitative estimate of drug-likeness (QED) is 0.711. The van der Waals surface area contributed by atoms with Gasteiger partial charge in [-0.25, -0.2) is 0 Å². The summed E-state index contributed by atoms with van der Waals surface area (Å²) in [5.74, 6) is 0.685. The number of hydrogen-bond donors (Lipinski definition) is 1. The third-order valence-corrected chi connectivity index (χ3v) is 3.65. The van der Waals surface area contributed by atoms with Gasteiger partial charge in [0.15, 0.2) is 0 Å². The van der Waals surface area contributed by atoms with Crippen LogP contribution in [0.15, 0.2) is 45.5 Å². The van der Waals surface area contributed by atoms with Crippen LogP contribution in [0.1, 0.15) is 0 Å². The highest BCUT2D eigenvalue weighted by molar-refractivity contribution is 9.10. The zero-order chi connectivity index (χ0) is 14.1. The molecule has 0 atom stereocenters. The molecule has 5 nitrogen and oxygen atoms in total. The standard InChI is InChI=1S/C13H8BrClN4O/c14-8-4-2-6-17-11(8)12-18-13(20-19-12)7-3-1-5-9(15)10(7)16/h1-6H,16H2. The lowest BCUT2D eigenvalue weighted by molar-refractivity contribution is 0.432. The number of nitrogens with zero attached hydrogens (tertiary/aromatic N) is 3. The van der Waals surface area contributed by atoms with Crippen LogP contribution < -0.4 is 5.73 Å². The molecule has 2 N–H and O–H groups in total. The molecule has 0 aliphatic heterocycles. The van der Waals surface area contributed by atoms with Crippen LogP contribution in [0.5, 0.6) is 0 Å². The van der Waals surface area contributed by atoms with Crippen molar-refractivity contribution in [1.82, 2.24) is 15.1 Å². The van der Waals surface area contributed by atoms with Crippen LogP contribution >= 0.6 is 27.5 Å². The number of anilines is 1. The summed E-state index contributed by atoms with van der Waals surface area (Å²) in [4.78, 5) is 8.51. The van der Waals surface area contributed by atoms with E-state index >= 15 is 0 Å². The van der Waals surface area contributed by atoms with Gasteiger partial charge in [0.2, 0.25) is 5.82 Å². The number of rotatable bonds is 2. The van der Waals surface area contributed by atoms with Gasteiger partial charge in [0, 0.05) is 10.7 Å². The van der Waals surface area contributed by atoms with Gasteiger partial charge in [0.25, 0.3) is 5.89 Å². The van der Waals surface area contributed by atoms with E-state index in [1.165, 1.54) is 0 Å². The van der Waals surface area contributed by atoms with E-state index in [1.807, 2.05) is 12.1 Å². The second kappa shape index (κ2) is 5.22. The summed E-state index contributed by atoms with van der Waals surface area (Å²) in [7, 11) is 0. The maximum absolute atomic E-state index is 5.98. The van der Waals surface area contributed by atoms with Crippen molar-refractivity contribution in [2.75, 3.05) is 5.73 Å². The molecule has 0 spiro atoms. The number of nitrogen functional groups attached to an aromatic ring is 1. The van der Waals surface area contributed by atoms with Gasteiger partial charge in [-0.15, -0.1) is 0 Å². The number of pyridine rings is 1. The molecule has 7 heteroatoms. The van der Waals surface area contributed by atoms with Crippen LogP contribution in [0.3, 0.4) is 0 Å². The summed E-state index contributed by atoms with van der Waals surface area (Å²) < 4.78 is 6.02. The van der Waals surface area contributed by atoms with Gasteiger partial charge in [-0.05, 0) is 40.2 Å². The summed E-state index contributed by atoms with van der Waals surface area (Å²) in [5, 5.41) is 4.36. The Bertz CT molecular complexity index is 775. The minimum atomic E-state index is 0.303. The Morgan fingerprint density at radius 2 is 2.05 bits per heavy atom. The lowest BCUT2D eigenvalue weighted by atomic mass is 10.2. The van der Waals surface area contributed by atoms with Gasteiger partial charge >= 0.3 is 0 Å². The molecule has 0 radical (unpaired) electrons. The molecule has 0 unspecified atom stereocenters. The largest absolute Gasteiger partial charge is 0.397 e. The van der Waals surface area contributed by atoms with Crippen LogP contribution in [0.4, 0.5) is 5.69 Å². The lowest BCUT2D eigenvalue weighted by Gasteiger charge is -2.01. The first-order valence-electron chi connectivity index (χ1n) is 5.66. The van der Waals surface area contributed by atoms with Crippen LogP contribution in [0, 0.1) is 0 Å². The van der Waals surface area contributed by atoms with E-state index in [4.69, 9.17) is 21.9 Å². The minimum Gasteiger partial charge on any atom is -0.397 e. The molecular weight excluding hydrogens is 344 g/mol. The van der Waals surface area contributed by atoms with E-state index < -0.39 is 0 Å². The monoisotopic (exact) mass is 350 g/mol. The molecule has 1 aromatic carbocycles. The van der Waals surface area contributed by atoms with E-state index in [2.05, 4.69) is 31.1 Å². The highest BCUT2D eigenvalue weighted by Gasteiger charge is 2.16. The van der Waals surface area contributed by atoms with Crippen LogP contribution in [0.25, 0.3) is 23.0 Å². The zero-order valence-corrected chi connectivity index (χ0v) is 12.4. The highest BCUT2D eigenvalue weighted by Crippen LogP contribution is 2.32. The second-order valence-electron chi connectivity index (χ2n) is 3.96. The molecule has 0 saturated heterocycles. The number of aromatic nitrogens is 3. The third-order valence-electron chi connectivity index (χ3n) is 2.68. The SMILES string of the molecule is Nc1c(Cl)cccc1-c1nc(-c2ncccc2Br)no1. The van der Waals surface area contributed by atoms with E-state index in [0.717, 1.165) is 4.47 Å². The predicted molar refractivity (Wildman–Crippen MR) is 80.1 cm³/mol. The average molecular weight is 352 g/mol. The molecule has 0 fully saturated rings. The van der Waals surface area contributed by atoms with Gasteiger partial charge in [-0.2, -0.15) is 4.98 Å². The maximum atomic E-state index is 5.98. The molecule has 2 heterocycles. The molecule has 0 aliphatic rings. The Morgan fingerprint density at radius 1 is 1.20 bits per heavy atom. The molecule has 20 heavy (non-hydrogen) atoms. The van der Waals surface area contributed by atoms with E-state index in [1.54, 1.807) is 24.4 Å². The van der Waals surface area contributed by atoms with Gasteiger partial charge < -0.3 is 10.3 Å². The van der Waals surface area contributed by atoms with Crippen molar-refractivity contribution in [1.29, 1.82) is 0 Å². The molecule has 3 aromatic rings. The second-order valence-corrected chi connectivity index (χ2v) is 5.22. The zero-order valence-electron chi connectivity index (χ0n) is 10.0. The van der Waals surface area contributed by atoms with Crippen LogP contribution in [0.2, 0.25) is 5.02 Å². The summed E-state index contributed by atoms with van der Waals surface area (Å²) in [6.45, 7) is 0. The van der Waals surface area contributed by atoms with Crippen molar-refractivity contribution in [2.45, 2.75) is 0 Å². The smallest absolute Gasteiger partial charge is 0.260 e. The minimum absolute atomic E-state index is 0.303. The summed E-state index contributed by atoms with van der Waals surface area (Å²) >= 11 is 9.37. The number of nitrogens with two attached hydrogens (primary N) is 1. The highest BCUT2D eigenvalue weighted by atomic mass is 79.9. The lowest BCUT2D eigenvalue weighted by Crippen LogP contribution is -1.91. The molecular formula is C13H8BrClN4O. The first-order valence-corrected chi connectivity index (χ1v) is 6.83. The molecule has 0 saturated carbocycles. The van der Waals surface area contributed by atoms with E-state index in [0.29, 0.717) is 33.7 Å². The van der Waals surface area contributed by atoms with Crippen molar-refractivity contribution in [2.24, 2.45) is 0 Å². The number of benzene rings is 1. The van der Waals surface area contributed by atoms with Crippen LogP contribution in [-0.4, -0.2) is 15.1 Å². The molecule has 0 bridgehead atoms. The third kappa shape index (κ3) is 2.28. The molecule has 3 rings (SSSR count). The Morgan fingerprint density at radius 3 is 2.85 bits per heavy atom. The molecule has 100 valence electrons. The normalized spacial score (nSPS) is 10.7. The fourth-order valence-corrected chi connectivity index (χ4v) is 2.31. The van der Waals surface area contributed by atoms with Gasteiger partial charge in [0.1, 0.15) is 5.69 Å². The van der Waals surface area contributed by atoms with Gasteiger partial charge in [0.05, 0.1) is 16.3 Å². The summed E-state index contributed by atoms with van der Waals surface area (Å²) in [6.07, 6.45) is 1.66. The topological polar surface area (TPSA) is 77.8 Å². The Balaban J connectivity index is 2.07. The van der Waals surface area contributed by atoms with Crippen molar-refractivity contribution >= 4 is 33.2 Å². The number of para-hydroxylation sites is 1. The Hall–Kier alpha value is -1.92. The van der Waals surface area contributed by atoms with Gasteiger partial charge in [-0.3, -0.25) is 4.98 Å². The number of halogens is 2. The van der Waals surface area contributed by atoms with Crippen molar-refractivity contribution in [3.8, 4) is 23.0 Å². The van der Waals surface area contributed by atoms with Crippen LogP contribution in [-0.2, 0) is 0 Å². The molecule has 2 aromatic heterocycles. The van der Waals surface area contributed by atoms with Crippen molar-refractivity contribution in [3.05, 3.63) is 46.0 Å².